The minimum Gasteiger partial charge on any atom is -0.393 e. The lowest BCUT2D eigenvalue weighted by Gasteiger charge is -2.12. The van der Waals surface area contributed by atoms with E-state index in [0.717, 1.165) is 0 Å². The second-order valence-corrected chi connectivity index (χ2v) is 5.55. The van der Waals surface area contributed by atoms with Crippen LogP contribution in [0.5, 0.6) is 0 Å². The molecule has 2 unspecified atom stereocenters. The van der Waals surface area contributed by atoms with Crippen LogP contribution in [0.2, 0.25) is 0 Å². The molecule has 1 N–H and O–H groups in total. The van der Waals surface area contributed by atoms with Crippen LogP contribution in [0.25, 0.3) is 0 Å². The molecule has 2 atom stereocenters. The van der Waals surface area contributed by atoms with Crippen molar-refractivity contribution in [2.24, 2.45) is 0 Å². The summed E-state index contributed by atoms with van der Waals surface area (Å²) in [4.78, 5) is 0. The van der Waals surface area contributed by atoms with Crippen LogP contribution in [0.4, 0.5) is 0 Å². The summed E-state index contributed by atoms with van der Waals surface area (Å²) in [7, 11) is -2.95. The predicted molar refractivity (Wildman–Crippen MR) is 45.2 cm³/mol. The van der Waals surface area contributed by atoms with E-state index in [1.165, 1.54) is 0 Å². The average molecular weight is 180 g/mol. The summed E-state index contributed by atoms with van der Waals surface area (Å²) in [5, 5.41) is 8.49. The predicted octanol–water partition coefficient (Wildman–Crippen LogP) is 0.581. The molecule has 0 spiro atoms. The monoisotopic (exact) mass is 180 g/mol. The first-order valence-electron chi connectivity index (χ1n) is 3.79. The Morgan fingerprint density at radius 1 is 1.36 bits per heavy atom. The van der Waals surface area contributed by atoms with Crippen LogP contribution >= 0.6 is 0 Å². The maximum atomic E-state index is 11.1. The van der Waals surface area contributed by atoms with E-state index in [4.69, 9.17) is 5.11 Å². The first-order valence-corrected chi connectivity index (χ1v) is 5.51. The van der Waals surface area contributed by atoms with Crippen LogP contribution in [0.1, 0.15) is 27.2 Å². The van der Waals surface area contributed by atoms with Crippen molar-refractivity contribution in [1.29, 1.82) is 0 Å². The molecule has 0 aromatic carbocycles. The van der Waals surface area contributed by atoms with E-state index in [-0.39, 0.29) is 5.75 Å². The molecule has 0 aromatic rings. The van der Waals surface area contributed by atoms with Crippen LogP contribution in [0.3, 0.4) is 0 Å². The molecule has 4 heteroatoms. The third-order valence-corrected chi connectivity index (χ3v) is 3.91. The van der Waals surface area contributed by atoms with Gasteiger partial charge in [0.15, 0.2) is 9.84 Å². The third-order valence-electron chi connectivity index (χ3n) is 1.69. The standard InChI is InChI=1S/C7H16O3S/c1-4-11(9,10)7(3)5-6(2)8/h6-8H,4-5H2,1-3H3. The van der Waals surface area contributed by atoms with Gasteiger partial charge in [-0.25, -0.2) is 8.42 Å². The Labute approximate surface area is 68.3 Å². The summed E-state index contributed by atoms with van der Waals surface area (Å²) >= 11 is 0. The van der Waals surface area contributed by atoms with Gasteiger partial charge in [-0.15, -0.1) is 0 Å². The smallest absolute Gasteiger partial charge is 0.152 e. The summed E-state index contributed by atoms with van der Waals surface area (Å²) in [5.41, 5.74) is 0. The number of aliphatic hydroxyl groups is 1. The Morgan fingerprint density at radius 2 is 1.82 bits per heavy atom. The highest BCUT2D eigenvalue weighted by Crippen LogP contribution is 2.08. The van der Waals surface area contributed by atoms with E-state index in [1.54, 1.807) is 20.8 Å². The number of aliphatic hydroxyl groups excluding tert-OH is 1. The molecule has 0 fully saturated rings. The molecule has 3 nitrogen and oxygen atoms in total. The Balaban J connectivity index is 4.14. The van der Waals surface area contributed by atoms with E-state index in [9.17, 15) is 8.42 Å². The van der Waals surface area contributed by atoms with Gasteiger partial charge in [-0.2, -0.15) is 0 Å². The fraction of sp³-hybridized carbons (Fsp3) is 1.00. The lowest BCUT2D eigenvalue weighted by Crippen LogP contribution is -2.23. The number of rotatable bonds is 4. The molecule has 0 saturated heterocycles. The summed E-state index contributed by atoms with van der Waals surface area (Å²) in [6.07, 6.45) is -0.206. The third kappa shape index (κ3) is 3.72. The highest BCUT2D eigenvalue weighted by molar-refractivity contribution is 7.91. The Bertz CT molecular complexity index is 194. The van der Waals surface area contributed by atoms with Gasteiger partial charge in [0.25, 0.3) is 0 Å². The molecule has 0 aliphatic heterocycles. The van der Waals surface area contributed by atoms with Crippen LogP contribution < -0.4 is 0 Å². The highest BCUT2D eigenvalue weighted by atomic mass is 32.2. The van der Waals surface area contributed by atoms with Crippen LogP contribution in [-0.4, -0.2) is 30.6 Å². The van der Waals surface area contributed by atoms with Crippen molar-refractivity contribution in [3.8, 4) is 0 Å². The largest absolute Gasteiger partial charge is 0.393 e. The second kappa shape index (κ2) is 4.07. The van der Waals surface area contributed by atoms with Crippen molar-refractivity contribution in [2.45, 2.75) is 38.5 Å². The summed E-state index contributed by atoms with van der Waals surface area (Å²) < 4.78 is 22.2. The lowest BCUT2D eigenvalue weighted by molar-refractivity contribution is 0.184. The minimum atomic E-state index is -2.95. The van der Waals surface area contributed by atoms with Gasteiger partial charge in [-0.1, -0.05) is 6.92 Å². The van der Waals surface area contributed by atoms with Crippen LogP contribution in [0.15, 0.2) is 0 Å². The summed E-state index contributed by atoms with van der Waals surface area (Å²) in [6.45, 7) is 4.85. The normalized spacial score (nSPS) is 17.8. The molecule has 0 amide bonds. The zero-order valence-electron chi connectivity index (χ0n) is 7.24. The van der Waals surface area contributed by atoms with Gasteiger partial charge < -0.3 is 5.11 Å². The Hall–Kier alpha value is -0.0900. The molecule has 0 radical (unpaired) electrons. The van der Waals surface area contributed by atoms with Crippen molar-refractivity contribution in [2.75, 3.05) is 5.75 Å². The van der Waals surface area contributed by atoms with Crippen molar-refractivity contribution in [3.63, 3.8) is 0 Å². The quantitative estimate of drug-likeness (QED) is 0.688. The van der Waals surface area contributed by atoms with E-state index >= 15 is 0 Å². The van der Waals surface area contributed by atoms with Gasteiger partial charge in [-0.3, -0.25) is 0 Å². The summed E-state index contributed by atoms with van der Waals surface area (Å²) in [5.74, 6) is 0.154. The Kier molecular flexibility index (Phi) is 4.03. The van der Waals surface area contributed by atoms with E-state index in [0.29, 0.717) is 6.42 Å². The highest BCUT2D eigenvalue weighted by Gasteiger charge is 2.19. The lowest BCUT2D eigenvalue weighted by atomic mass is 10.2. The van der Waals surface area contributed by atoms with Crippen molar-refractivity contribution in [3.05, 3.63) is 0 Å². The van der Waals surface area contributed by atoms with Gasteiger partial charge >= 0.3 is 0 Å². The molecular formula is C7H16O3S. The van der Waals surface area contributed by atoms with Gasteiger partial charge in [0.05, 0.1) is 11.4 Å². The van der Waals surface area contributed by atoms with Crippen molar-refractivity contribution >= 4 is 9.84 Å². The fourth-order valence-corrected chi connectivity index (χ4v) is 2.05. The SMILES string of the molecule is CCS(=O)(=O)C(C)CC(C)O. The average Bonchev–Trinajstić information content (AvgIpc) is 1.86. The number of hydrogen-bond donors (Lipinski definition) is 1. The molecule has 68 valence electrons. The number of hydrogen-bond acceptors (Lipinski definition) is 3. The maximum Gasteiger partial charge on any atom is 0.152 e. The Morgan fingerprint density at radius 3 is 2.09 bits per heavy atom. The molecule has 0 saturated carbocycles. The van der Waals surface area contributed by atoms with E-state index in [1.807, 2.05) is 0 Å². The van der Waals surface area contributed by atoms with E-state index < -0.39 is 21.2 Å². The van der Waals surface area contributed by atoms with E-state index in [2.05, 4.69) is 0 Å². The molecular weight excluding hydrogens is 164 g/mol. The first-order chi connectivity index (χ1) is 4.90. The molecule has 0 aromatic heterocycles. The van der Waals surface area contributed by atoms with Gasteiger partial charge in [0.1, 0.15) is 0 Å². The topological polar surface area (TPSA) is 54.4 Å². The summed E-state index contributed by atoms with van der Waals surface area (Å²) in [6, 6.07) is 0. The molecule has 0 aliphatic rings. The fourth-order valence-electron chi connectivity index (χ4n) is 0.911. The molecule has 0 rings (SSSR count). The molecule has 0 bridgehead atoms. The molecule has 0 aliphatic carbocycles. The van der Waals surface area contributed by atoms with Gasteiger partial charge in [-0.05, 0) is 20.3 Å². The minimum absolute atomic E-state index is 0.154. The van der Waals surface area contributed by atoms with Crippen molar-refractivity contribution < 1.29 is 13.5 Å². The zero-order chi connectivity index (χ0) is 9.07. The molecule has 11 heavy (non-hydrogen) atoms. The van der Waals surface area contributed by atoms with Gasteiger partial charge in [0.2, 0.25) is 0 Å². The van der Waals surface area contributed by atoms with Crippen molar-refractivity contribution in [1.82, 2.24) is 0 Å². The number of sulfone groups is 1. The molecule has 0 heterocycles. The zero-order valence-corrected chi connectivity index (χ0v) is 8.06. The van der Waals surface area contributed by atoms with Crippen LogP contribution in [-0.2, 0) is 9.84 Å². The van der Waals surface area contributed by atoms with Crippen LogP contribution in [0, 0.1) is 0 Å². The second-order valence-electron chi connectivity index (χ2n) is 2.85. The van der Waals surface area contributed by atoms with Gasteiger partial charge in [0, 0.05) is 5.75 Å². The first kappa shape index (κ1) is 10.9. The maximum absolute atomic E-state index is 11.1.